The van der Waals surface area contributed by atoms with Gasteiger partial charge in [0, 0.05) is 17.8 Å². The Hall–Kier alpha value is -3.06. The van der Waals surface area contributed by atoms with Crippen LogP contribution in [0, 0.1) is 11.3 Å². The van der Waals surface area contributed by atoms with E-state index in [2.05, 4.69) is 11.1 Å². The molecule has 0 aliphatic carbocycles. The number of esters is 1. The fraction of sp³-hybridized carbons (Fsp3) is 0.435. The van der Waals surface area contributed by atoms with Crippen molar-refractivity contribution in [1.82, 2.24) is 9.55 Å². The Labute approximate surface area is 193 Å². The van der Waals surface area contributed by atoms with Crippen LogP contribution in [0.5, 0.6) is 5.75 Å². The third-order valence-corrected chi connectivity index (χ3v) is 6.15. The Morgan fingerprint density at radius 2 is 1.88 bits per heavy atom. The molecule has 0 saturated heterocycles. The van der Waals surface area contributed by atoms with Crippen LogP contribution in [-0.2, 0) is 34.1 Å². The molecule has 0 bridgehead atoms. The summed E-state index contributed by atoms with van der Waals surface area (Å²) in [6, 6.07) is 9.23. The second-order valence-corrected chi connectivity index (χ2v) is 9.36. The predicted molar refractivity (Wildman–Crippen MR) is 118 cm³/mol. The van der Waals surface area contributed by atoms with Crippen LogP contribution in [0.3, 0.4) is 0 Å². The van der Waals surface area contributed by atoms with Crippen LogP contribution in [0.15, 0.2) is 24.3 Å². The average Bonchev–Trinajstić information content (AvgIpc) is 3.26. The van der Waals surface area contributed by atoms with Crippen LogP contribution in [0.4, 0.5) is 13.2 Å². The summed E-state index contributed by atoms with van der Waals surface area (Å²) in [5.74, 6) is 0.109. The van der Waals surface area contributed by atoms with Crippen LogP contribution in [0.25, 0.3) is 10.3 Å². The SMILES string of the molecule is COc1ccc(Cn2c(CC(=O)OC(C)C)c(C(C)(C)C#N)c3nc(C(F)(F)F)sc32)cc1. The highest BCUT2D eigenvalue weighted by atomic mass is 32.1. The molecule has 0 saturated carbocycles. The van der Waals surface area contributed by atoms with E-state index in [1.54, 1.807) is 56.5 Å². The number of nitriles is 1. The maximum Gasteiger partial charge on any atom is 0.443 e. The lowest BCUT2D eigenvalue weighted by Crippen LogP contribution is -2.22. The van der Waals surface area contributed by atoms with Crippen molar-refractivity contribution in [3.8, 4) is 11.8 Å². The normalized spacial score (nSPS) is 12.2. The predicted octanol–water partition coefficient (Wildman–Crippen LogP) is 5.47. The Morgan fingerprint density at radius 1 is 1.24 bits per heavy atom. The van der Waals surface area contributed by atoms with Crippen molar-refractivity contribution in [2.24, 2.45) is 0 Å². The summed E-state index contributed by atoms with van der Waals surface area (Å²) >= 11 is 0.501. The number of ether oxygens (including phenoxy) is 2. The molecular weight excluding hydrogens is 455 g/mol. The maximum absolute atomic E-state index is 13.5. The van der Waals surface area contributed by atoms with Gasteiger partial charge in [0.15, 0.2) is 0 Å². The first kappa shape index (κ1) is 24.6. The molecule has 3 rings (SSSR count). The van der Waals surface area contributed by atoms with Crippen molar-refractivity contribution in [2.75, 3.05) is 7.11 Å². The van der Waals surface area contributed by atoms with Gasteiger partial charge in [0.05, 0.1) is 31.1 Å². The number of nitrogens with zero attached hydrogens (tertiary/aromatic N) is 3. The van der Waals surface area contributed by atoms with Gasteiger partial charge in [-0.25, -0.2) is 4.98 Å². The van der Waals surface area contributed by atoms with Gasteiger partial charge in [0.25, 0.3) is 0 Å². The van der Waals surface area contributed by atoms with Crippen LogP contribution in [-0.4, -0.2) is 28.7 Å². The molecule has 1 aromatic carbocycles. The second kappa shape index (κ2) is 9.06. The van der Waals surface area contributed by atoms with E-state index in [-0.39, 0.29) is 29.4 Å². The van der Waals surface area contributed by atoms with Crippen molar-refractivity contribution < 1.29 is 27.4 Å². The zero-order valence-corrected chi connectivity index (χ0v) is 19.7. The quantitative estimate of drug-likeness (QED) is 0.420. The van der Waals surface area contributed by atoms with Gasteiger partial charge in [-0.05, 0) is 45.4 Å². The van der Waals surface area contributed by atoms with Gasteiger partial charge in [-0.15, -0.1) is 0 Å². The molecule has 0 fully saturated rings. The molecule has 0 radical (unpaired) electrons. The summed E-state index contributed by atoms with van der Waals surface area (Å²) in [6.45, 7) is 6.81. The Balaban J connectivity index is 2.26. The van der Waals surface area contributed by atoms with Crippen LogP contribution in [0.2, 0.25) is 0 Å². The molecular formula is C23H24F3N3O3S. The summed E-state index contributed by atoms with van der Waals surface area (Å²) in [4.78, 5) is 16.7. The van der Waals surface area contributed by atoms with E-state index in [1.807, 2.05) is 0 Å². The van der Waals surface area contributed by atoms with Crippen molar-refractivity contribution in [3.63, 3.8) is 0 Å². The first-order valence-electron chi connectivity index (χ1n) is 10.2. The fourth-order valence-electron chi connectivity index (χ4n) is 3.59. The third kappa shape index (κ3) is 5.14. The van der Waals surface area contributed by atoms with Gasteiger partial charge < -0.3 is 14.0 Å². The summed E-state index contributed by atoms with van der Waals surface area (Å²) in [5, 5.41) is 8.80. The van der Waals surface area contributed by atoms with Gasteiger partial charge in [-0.2, -0.15) is 18.4 Å². The van der Waals surface area contributed by atoms with Gasteiger partial charge in [0.1, 0.15) is 16.1 Å². The number of alkyl halides is 3. The third-order valence-electron chi connectivity index (χ3n) is 5.03. The van der Waals surface area contributed by atoms with Crippen molar-refractivity contribution in [3.05, 3.63) is 46.1 Å². The number of halogens is 3. The molecule has 2 heterocycles. The van der Waals surface area contributed by atoms with Crippen LogP contribution < -0.4 is 4.74 Å². The molecule has 176 valence electrons. The van der Waals surface area contributed by atoms with E-state index in [0.717, 1.165) is 5.56 Å². The highest BCUT2D eigenvalue weighted by Crippen LogP contribution is 2.42. The average molecular weight is 480 g/mol. The Kier molecular flexibility index (Phi) is 6.75. The molecule has 33 heavy (non-hydrogen) atoms. The number of benzene rings is 1. The van der Waals surface area contributed by atoms with Gasteiger partial charge in [-0.1, -0.05) is 23.5 Å². The van der Waals surface area contributed by atoms with E-state index in [1.165, 1.54) is 7.11 Å². The van der Waals surface area contributed by atoms with E-state index in [4.69, 9.17) is 9.47 Å². The van der Waals surface area contributed by atoms with E-state index >= 15 is 0 Å². The molecule has 0 N–H and O–H groups in total. The number of fused-ring (bicyclic) bond motifs is 1. The zero-order valence-electron chi connectivity index (χ0n) is 18.9. The Morgan fingerprint density at radius 3 is 2.39 bits per heavy atom. The second-order valence-electron chi connectivity index (χ2n) is 8.38. The van der Waals surface area contributed by atoms with Gasteiger partial charge in [0.2, 0.25) is 5.01 Å². The topological polar surface area (TPSA) is 77.1 Å². The van der Waals surface area contributed by atoms with Crippen LogP contribution in [0.1, 0.15) is 49.5 Å². The van der Waals surface area contributed by atoms with Crippen LogP contribution >= 0.6 is 11.3 Å². The molecule has 6 nitrogen and oxygen atoms in total. The smallest absolute Gasteiger partial charge is 0.443 e. The standard InChI is InChI=1S/C23H24F3N3O3S/c1-13(2)32-17(30)10-16-18(22(3,4)12-27)19-20(33-21(28-19)23(24,25)26)29(16)11-14-6-8-15(31-5)9-7-14/h6-9,13H,10-11H2,1-5H3. The van der Waals surface area contributed by atoms with Gasteiger partial charge >= 0.3 is 12.1 Å². The molecule has 3 aromatic rings. The van der Waals surface area contributed by atoms with Gasteiger partial charge in [-0.3, -0.25) is 4.79 Å². The molecule has 0 aliphatic heterocycles. The van der Waals surface area contributed by atoms with Crippen molar-refractivity contribution in [2.45, 2.75) is 58.4 Å². The van der Waals surface area contributed by atoms with E-state index in [0.29, 0.717) is 28.3 Å². The number of aromatic nitrogens is 2. The number of methoxy groups -OCH3 is 1. The molecule has 0 amide bonds. The lowest BCUT2D eigenvalue weighted by Gasteiger charge is -2.19. The number of hydrogen-bond donors (Lipinski definition) is 0. The molecule has 0 atom stereocenters. The summed E-state index contributed by atoms with van der Waals surface area (Å²) in [5.41, 5.74) is 0.411. The number of thiazole rings is 1. The van der Waals surface area contributed by atoms with Crippen molar-refractivity contribution >= 4 is 27.7 Å². The van der Waals surface area contributed by atoms with E-state index < -0.39 is 22.6 Å². The molecule has 0 aliphatic rings. The molecule has 0 spiro atoms. The van der Waals surface area contributed by atoms with E-state index in [9.17, 15) is 23.2 Å². The summed E-state index contributed by atoms with van der Waals surface area (Å²) in [7, 11) is 1.54. The maximum atomic E-state index is 13.5. The fourth-order valence-corrected chi connectivity index (χ4v) is 4.56. The first-order valence-corrected chi connectivity index (χ1v) is 11.0. The molecule has 0 unspecified atom stereocenters. The summed E-state index contributed by atoms with van der Waals surface area (Å²) < 4.78 is 52.6. The number of carbonyl (C=O) groups excluding carboxylic acids is 1. The summed E-state index contributed by atoms with van der Waals surface area (Å²) in [6.07, 6.45) is -5.18. The molecule has 10 heteroatoms. The minimum Gasteiger partial charge on any atom is -0.497 e. The highest BCUT2D eigenvalue weighted by molar-refractivity contribution is 7.18. The number of rotatable bonds is 7. The number of hydrogen-bond acceptors (Lipinski definition) is 6. The van der Waals surface area contributed by atoms with Crippen molar-refractivity contribution in [1.29, 1.82) is 5.26 Å². The largest absolute Gasteiger partial charge is 0.497 e. The highest BCUT2D eigenvalue weighted by Gasteiger charge is 2.39. The first-order chi connectivity index (χ1) is 15.4. The minimum atomic E-state index is -4.63. The lowest BCUT2D eigenvalue weighted by molar-refractivity contribution is -0.146. The number of carbonyl (C=O) groups is 1. The Bertz CT molecular complexity index is 1200. The lowest BCUT2D eigenvalue weighted by atomic mass is 9.85. The molecule has 2 aromatic heterocycles. The zero-order chi connectivity index (χ0) is 24.6. The monoisotopic (exact) mass is 479 g/mol. The minimum absolute atomic E-state index is 0.0831.